The average molecular weight is 671 g/mol. The Kier molecular flexibility index (Phi) is 8.43. The summed E-state index contributed by atoms with van der Waals surface area (Å²) < 4.78 is 6.44. The standard InChI is InChI=1S/C30H28ClIN4O4/c1-17(19-6-4-3-5-7-19)27(28-33-18(2)25(34-28)23-13-10-21(32)16-24(23)31)36-29(38)26(35-30(36)39)20-8-11-22(12-9-20)40-15-14-37/h3-13,16-17,26-27,37H,14-15H2,1-2H3,(H,33,34)(H,35,39)/t17-,26+,27?/m0/s1. The molecular weight excluding hydrogens is 643 g/mol. The zero-order chi connectivity index (χ0) is 28.4. The highest BCUT2D eigenvalue weighted by Gasteiger charge is 2.46. The largest absolute Gasteiger partial charge is 0.491 e. The predicted octanol–water partition coefficient (Wildman–Crippen LogP) is 6.15. The second kappa shape index (κ2) is 12.0. The van der Waals surface area contributed by atoms with E-state index in [-0.39, 0.29) is 25.0 Å². The Balaban J connectivity index is 1.53. The number of H-pyrrole nitrogens is 1. The number of rotatable bonds is 9. The molecule has 3 amide bonds. The van der Waals surface area contributed by atoms with E-state index in [2.05, 4.69) is 32.9 Å². The number of carbonyl (C=O) groups excluding carboxylic acids is 2. The van der Waals surface area contributed by atoms with Gasteiger partial charge in [-0.15, -0.1) is 0 Å². The van der Waals surface area contributed by atoms with Crippen molar-refractivity contribution >= 4 is 46.1 Å². The molecule has 8 nitrogen and oxygen atoms in total. The number of aryl methyl sites for hydroxylation is 1. The van der Waals surface area contributed by atoms with Crippen molar-refractivity contribution in [2.45, 2.75) is 31.8 Å². The van der Waals surface area contributed by atoms with Crippen molar-refractivity contribution in [2.75, 3.05) is 13.2 Å². The number of benzene rings is 3. The number of hydrogen-bond donors (Lipinski definition) is 3. The van der Waals surface area contributed by atoms with E-state index < -0.39 is 18.1 Å². The molecule has 0 bridgehead atoms. The molecule has 1 saturated heterocycles. The third-order valence-electron chi connectivity index (χ3n) is 6.99. The minimum atomic E-state index is -0.856. The number of ether oxygens (including phenoxy) is 1. The second-order valence-corrected chi connectivity index (χ2v) is 11.2. The molecule has 1 unspecified atom stereocenters. The van der Waals surface area contributed by atoms with Gasteiger partial charge in [-0.25, -0.2) is 9.78 Å². The molecule has 10 heteroatoms. The van der Waals surface area contributed by atoms with E-state index in [1.54, 1.807) is 24.3 Å². The first-order valence-corrected chi connectivity index (χ1v) is 14.3. The number of aliphatic hydroxyl groups is 1. The van der Waals surface area contributed by atoms with Crippen LogP contribution in [0.1, 0.15) is 47.6 Å². The third-order valence-corrected chi connectivity index (χ3v) is 7.97. The molecule has 1 aromatic heterocycles. The summed E-state index contributed by atoms with van der Waals surface area (Å²) in [4.78, 5) is 36.9. The van der Waals surface area contributed by atoms with Gasteiger partial charge in [0.2, 0.25) is 0 Å². The minimum absolute atomic E-state index is 0.0986. The molecule has 5 rings (SSSR count). The van der Waals surface area contributed by atoms with Gasteiger partial charge in [-0.05, 0) is 64.9 Å². The first-order valence-electron chi connectivity index (χ1n) is 12.8. The molecule has 0 saturated carbocycles. The molecule has 0 spiro atoms. The maximum absolute atomic E-state index is 13.9. The Morgan fingerprint density at radius 2 is 1.82 bits per heavy atom. The van der Waals surface area contributed by atoms with Crippen LogP contribution in [0.3, 0.4) is 0 Å². The van der Waals surface area contributed by atoms with Gasteiger partial charge in [-0.2, -0.15) is 0 Å². The third kappa shape index (κ3) is 5.59. The van der Waals surface area contributed by atoms with Crippen molar-refractivity contribution in [1.82, 2.24) is 20.2 Å². The Bertz CT molecular complexity index is 1530. The number of amides is 3. The number of imidazole rings is 1. The van der Waals surface area contributed by atoms with Gasteiger partial charge in [0.1, 0.15) is 30.3 Å². The Labute approximate surface area is 250 Å². The van der Waals surface area contributed by atoms with Gasteiger partial charge < -0.3 is 20.1 Å². The van der Waals surface area contributed by atoms with E-state index >= 15 is 0 Å². The Morgan fingerprint density at radius 1 is 1.10 bits per heavy atom. The van der Waals surface area contributed by atoms with Gasteiger partial charge in [0.15, 0.2) is 0 Å². The summed E-state index contributed by atoms with van der Waals surface area (Å²) >= 11 is 8.78. The number of hydrogen-bond acceptors (Lipinski definition) is 5. The molecule has 3 N–H and O–H groups in total. The first-order chi connectivity index (χ1) is 19.3. The minimum Gasteiger partial charge on any atom is -0.491 e. The number of nitrogens with one attached hydrogen (secondary N) is 2. The van der Waals surface area contributed by atoms with Crippen LogP contribution < -0.4 is 10.1 Å². The lowest BCUT2D eigenvalue weighted by atomic mass is 9.91. The summed E-state index contributed by atoms with van der Waals surface area (Å²) in [6.45, 7) is 3.96. The number of nitrogens with zero attached hydrogens (tertiary/aromatic N) is 2. The fourth-order valence-corrected chi connectivity index (χ4v) is 5.94. The van der Waals surface area contributed by atoms with Crippen molar-refractivity contribution in [1.29, 1.82) is 0 Å². The van der Waals surface area contributed by atoms with Gasteiger partial charge in [-0.3, -0.25) is 9.69 Å². The molecule has 4 aromatic rings. The van der Waals surface area contributed by atoms with Crippen LogP contribution in [0.5, 0.6) is 5.75 Å². The Morgan fingerprint density at radius 3 is 2.50 bits per heavy atom. The number of aromatic nitrogens is 2. The summed E-state index contributed by atoms with van der Waals surface area (Å²) in [5, 5.41) is 12.4. The van der Waals surface area contributed by atoms with Crippen LogP contribution in [0.15, 0.2) is 72.8 Å². The number of aliphatic hydroxyl groups excluding tert-OH is 1. The number of imide groups is 1. The van der Waals surface area contributed by atoms with Gasteiger partial charge in [0.05, 0.1) is 17.3 Å². The van der Waals surface area contributed by atoms with Crippen molar-refractivity contribution < 1.29 is 19.4 Å². The van der Waals surface area contributed by atoms with Crippen LogP contribution in [0.25, 0.3) is 11.3 Å². The van der Waals surface area contributed by atoms with Crippen LogP contribution in [0.2, 0.25) is 5.02 Å². The van der Waals surface area contributed by atoms with Crippen molar-refractivity contribution in [3.05, 3.63) is 104 Å². The van der Waals surface area contributed by atoms with Crippen LogP contribution in [-0.4, -0.2) is 45.1 Å². The van der Waals surface area contributed by atoms with Gasteiger partial charge in [0, 0.05) is 20.7 Å². The van der Waals surface area contributed by atoms with Gasteiger partial charge in [0.25, 0.3) is 5.91 Å². The second-order valence-electron chi connectivity index (χ2n) is 9.60. The maximum atomic E-state index is 13.9. The van der Waals surface area contributed by atoms with E-state index in [9.17, 15) is 9.59 Å². The molecule has 3 aromatic carbocycles. The van der Waals surface area contributed by atoms with Crippen LogP contribution >= 0.6 is 34.2 Å². The van der Waals surface area contributed by atoms with E-state index in [0.717, 1.165) is 20.4 Å². The SMILES string of the molecule is Cc1[nH]c(C([C@@H](C)c2ccccc2)N2C(=O)N[C@H](c3ccc(OCCO)cc3)C2=O)nc1-c1ccc(I)cc1Cl. The maximum Gasteiger partial charge on any atom is 0.325 e. The topological polar surface area (TPSA) is 108 Å². The summed E-state index contributed by atoms with van der Waals surface area (Å²) in [5.41, 5.74) is 3.82. The Hall–Kier alpha value is -3.41. The van der Waals surface area contributed by atoms with Gasteiger partial charge in [-0.1, -0.05) is 67.1 Å². The van der Waals surface area contributed by atoms with E-state index in [1.807, 2.05) is 62.4 Å². The monoisotopic (exact) mass is 670 g/mol. The van der Waals surface area contributed by atoms with Crippen molar-refractivity contribution in [3.8, 4) is 17.0 Å². The quantitative estimate of drug-likeness (QED) is 0.146. The zero-order valence-electron chi connectivity index (χ0n) is 21.9. The zero-order valence-corrected chi connectivity index (χ0v) is 24.8. The molecule has 3 atom stereocenters. The number of carbonyl (C=O) groups is 2. The highest BCUT2D eigenvalue weighted by molar-refractivity contribution is 14.1. The molecule has 40 heavy (non-hydrogen) atoms. The number of urea groups is 1. The van der Waals surface area contributed by atoms with Crippen LogP contribution in [0, 0.1) is 10.5 Å². The van der Waals surface area contributed by atoms with Crippen LogP contribution in [-0.2, 0) is 4.79 Å². The summed E-state index contributed by atoms with van der Waals surface area (Å²) in [6.07, 6.45) is 0. The molecule has 1 fully saturated rings. The summed E-state index contributed by atoms with van der Waals surface area (Å²) in [6, 6.07) is 20.3. The lowest BCUT2D eigenvalue weighted by molar-refractivity contribution is -0.129. The molecule has 1 aliphatic heterocycles. The summed E-state index contributed by atoms with van der Waals surface area (Å²) in [5.74, 6) is 0.421. The predicted molar refractivity (Wildman–Crippen MR) is 161 cm³/mol. The molecule has 206 valence electrons. The number of aromatic amines is 1. The van der Waals surface area contributed by atoms with E-state index in [1.165, 1.54) is 4.90 Å². The first kappa shape index (κ1) is 28.1. The fourth-order valence-electron chi connectivity index (χ4n) is 4.99. The van der Waals surface area contributed by atoms with Crippen molar-refractivity contribution in [3.63, 3.8) is 0 Å². The van der Waals surface area contributed by atoms with Gasteiger partial charge >= 0.3 is 6.03 Å². The molecular formula is C30H28ClIN4O4. The van der Waals surface area contributed by atoms with Crippen molar-refractivity contribution in [2.24, 2.45) is 0 Å². The summed E-state index contributed by atoms with van der Waals surface area (Å²) in [7, 11) is 0. The number of halogens is 2. The molecule has 1 aliphatic rings. The normalized spacial score (nSPS) is 16.6. The average Bonchev–Trinajstić information content (AvgIpc) is 3.47. The lowest BCUT2D eigenvalue weighted by Gasteiger charge is -2.29. The highest BCUT2D eigenvalue weighted by Crippen LogP contribution is 2.40. The van der Waals surface area contributed by atoms with E-state index in [0.29, 0.717) is 27.9 Å². The lowest BCUT2D eigenvalue weighted by Crippen LogP contribution is -2.38. The molecule has 0 aliphatic carbocycles. The van der Waals surface area contributed by atoms with E-state index in [4.69, 9.17) is 26.4 Å². The smallest absolute Gasteiger partial charge is 0.325 e. The van der Waals surface area contributed by atoms with Crippen LogP contribution in [0.4, 0.5) is 4.79 Å². The fraction of sp³-hybridized carbons (Fsp3) is 0.233. The molecule has 2 heterocycles. The highest BCUT2D eigenvalue weighted by atomic mass is 127. The molecule has 0 radical (unpaired) electrons.